The van der Waals surface area contributed by atoms with Crippen LogP contribution < -0.4 is 5.32 Å². The van der Waals surface area contributed by atoms with E-state index in [2.05, 4.69) is 39.5 Å². The molecular formula is C21H22N4O3S. The number of aromatic amines is 1. The van der Waals surface area contributed by atoms with Crippen molar-refractivity contribution in [2.75, 3.05) is 24.2 Å². The number of nitrogens with zero attached hydrogens (tertiary/aromatic N) is 2. The van der Waals surface area contributed by atoms with E-state index < -0.39 is 5.97 Å². The number of H-pyrrole nitrogens is 1. The highest BCUT2D eigenvalue weighted by Gasteiger charge is 2.27. The van der Waals surface area contributed by atoms with Gasteiger partial charge in [-0.2, -0.15) is 5.10 Å². The van der Waals surface area contributed by atoms with Crippen LogP contribution in [0.3, 0.4) is 0 Å². The molecule has 7 nitrogen and oxygen atoms in total. The molecule has 150 valence electrons. The third kappa shape index (κ3) is 4.28. The first-order valence-electron chi connectivity index (χ1n) is 9.42. The predicted octanol–water partition coefficient (Wildman–Crippen LogP) is 3.13. The Labute approximate surface area is 172 Å². The number of hydrogen-bond acceptors (Lipinski definition) is 5. The summed E-state index contributed by atoms with van der Waals surface area (Å²) in [5.41, 5.74) is 3.69. The van der Waals surface area contributed by atoms with Crippen LogP contribution in [0.15, 0.2) is 42.5 Å². The summed E-state index contributed by atoms with van der Waals surface area (Å²) in [6.07, 6.45) is 0. The number of carbonyl (C=O) groups excluding carboxylic acids is 1. The number of nitrogens with one attached hydrogen (secondary N) is 2. The van der Waals surface area contributed by atoms with Crippen LogP contribution in [0.1, 0.15) is 21.6 Å². The fourth-order valence-corrected chi connectivity index (χ4v) is 4.69. The van der Waals surface area contributed by atoms with E-state index in [1.807, 2.05) is 12.1 Å². The van der Waals surface area contributed by atoms with Gasteiger partial charge in [0.1, 0.15) is 0 Å². The van der Waals surface area contributed by atoms with Crippen molar-refractivity contribution in [1.82, 2.24) is 15.1 Å². The van der Waals surface area contributed by atoms with Gasteiger partial charge in [-0.05, 0) is 36.2 Å². The molecule has 0 spiro atoms. The average molecular weight is 410 g/mol. The SMILES string of the molecule is Cc1ccccc1CN1CCSC(C(=O)Nc2ccc3[nH]nc(C(=O)O)c3c2)C1. The molecule has 1 aliphatic heterocycles. The Kier molecular flexibility index (Phi) is 5.55. The van der Waals surface area contributed by atoms with Crippen molar-refractivity contribution in [3.8, 4) is 0 Å². The van der Waals surface area contributed by atoms with Gasteiger partial charge in [0.15, 0.2) is 5.69 Å². The van der Waals surface area contributed by atoms with Crippen LogP contribution >= 0.6 is 11.8 Å². The highest BCUT2D eigenvalue weighted by atomic mass is 32.2. The van der Waals surface area contributed by atoms with Crippen LogP contribution in [0.25, 0.3) is 10.9 Å². The van der Waals surface area contributed by atoms with E-state index >= 15 is 0 Å². The second-order valence-corrected chi connectivity index (χ2v) is 8.46. The van der Waals surface area contributed by atoms with Gasteiger partial charge in [-0.3, -0.25) is 14.8 Å². The third-order valence-corrected chi connectivity index (χ3v) is 6.31. The zero-order valence-corrected chi connectivity index (χ0v) is 16.8. The summed E-state index contributed by atoms with van der Waals surface area (Å²) in [4.78, 5) is 26.4. The minimum Gasteiger partial charge on any atom is -0.476 e. The molecule has 1 aliphatic rings. The van der Waals surface area contributed by atoms with Crippen molar-refractivity contribution in [2.45, 2.75) is 18.7 Å². The second kappa shape index (κ2) is 8.26. The molecule has 1 atom stereocenters. The Balaban J connectivity index is 1.44. The maximum absolute atomic E-state index is 12.8. The number of rotatable bonds is 5. The number of hydrogen-bond donors (Lipinski definition) is 3. The smallest absolute Gasteiger partial charge is 0.357 e. The van der Waals surface area contributed by atoms with Gasteiger partial charge in [0.2, 0.25) is 5.91 Å². The number of anilines is 1. The quantitative estimate of drug-likeness (QED) is 0.598. The van der Waals surface area contributed by atoms with E-state index in [1.165, 1.54) is 11.1 Å². The Morgan fingerprint density at radius 3 is 2.93 bits per heavy atom. The molecule has 1 saturated heterocycles. The zero-order valence-electron chi connectivity index (χ0n) is 16.0. The van der Waals surface area contributed by atoms with E-state index in [0.29, 0.717) is 23.1 Å². The fourth-order valence-electron chi connectivity index (χ4n) is 3.51. The number of carboxylic acids is 1. The molecule has 2 heterocycles. The highest BCUT2D eigenvalue weighted by molar-refractivity contribution is 8.00. The molecule has 29 heavy (non-hydrogen) atoms. The van der Waals surface area contributed by atoms with Gasteiger partial charge in [-0.15, -0.1) is 11.8 Å². The van der Waals surface area contributed by atoms with Gasteiger partial charge in [0.25, 0.3) is 0 Å². The molecule has 1 fully saturated rings. The molecule has 4 rings (SSSR count). The molecule has 1 amide bonds. The van der Waals surface area contributed by atoms with Crippen molar-refractivity contribution < 1.29 is 14.7 Å². The number of aromatic carboxylic acids is 1. The summed E-state index contributed by atoms with van der Waals surface area (Å²) in [5.74, 6) is -0.271. The minimum atomic E-state index is -1.10. The van der Waals surface area contributed by atoms with E-state index in [9.17, 15) is 14.7 Å². The van der Waals surface area contributed by atoms with Gasteiger partial charge >= 0.3 is 5.97 Å². The lowest BCUT2D eigenvalue weighted by atomic mass is 10.1. The van der Waals surface area contributed by atoms with Crippen LogP contribution in [0.2, 0.25) is 0 Å². The van der Waals surface area contributed by atoms with E-state index in [1.54, 1.807) is 30.0 Å². The first-order chi connectivity index (χ1) is 14.0. The van der Waals surface area contributed by atoms with Crippen molar-refractivity contribution in [1.29, 1.82) is 0 Å². The molecule has 0 aliphatic carbocycles. The molecule has 3 N–H and O–H groups in total. The van der Waals surface area contributed by atoms with Crippen LogP contribution in [0.4, 0.5) is 5.69 Å². The zero-order chi connectivity index (χ0) is 20.4. The Morgan fingerprint density at radius 1 is 1.31 bits per heavy atom. The number of carbonyl (C=O) groups is 2. The second-order valence-electron chi connectivity index (χ2n) is 7.15. The Morgan fingerprint density at radius 2 is 2.14 bits per heavy atom. The summed E-state index contributed by atoms with van der Waals surface area (Å²) in [6.45, 7) is 4.57. The molecule has 0 saturated carbocycles. The van der Waals surface area contributed by atoms with Crippen LogP contribution in [-0.4, -0.2) is 56.2 Å². The number of benzene rings is 2. The molecule has 3 aromatic rings. The number of aromatic nitrogens is 2. The number of thioether (sulfide) groups is 1. The highest BCUT2D eigenvalue weighted by Crippen LogP contribution is 2.25. The lowest BCUT2D eigenvalue weighted by Crippen LogP contribution is -2.43. The van der Waals surface area contributed by atoms with Crippen molar-refractivity contribution >= 4 is 40.2 Å². The topological polar surface area (TPSA) is 98.3 Å². The van der Waals surface area contributed by atoms with Gasteiger partial charge in [0, 0.05) is 36.5 Å². The van der Waals surface area contributed by atoms with Crippen LogP contribution in [0.5, 0.6) is 0 Å². The number of amides is 1. The van der Waals surface area contributed by atoms with Crippen LogP contribution in [-0.2, 0) is 11.3 Å². The largest absolute Gasteiger partial charge is 0.476 e. The summed E-state index contributed by atoms with van der Waals surface area (Å²) in [5, 5.41) is 19.0. The summed E-state index contributed by atoms with van der Waals surface area (Å²) >= 11 is 1.66. The van der Waals surface area contributed by atoms with Crippen LogP contribution in [0, 0.1) is 6.92 Å². The molecule has 1 aromatic heterocycles. The molecule has 2 aromatic carbocycles. The standard InChI is InChI=1S/C21H22N4O3S/c1-13-4-2-3-5-14(13)11-25-8-9-29-18(12-25)20(26)22-15-6-7-17-16(10-15)19(21(27)28)24-23-17/h2-7,10,18H,8-9,11-12H2,1H3,(H,22,26)(H,23,24)(H,27,28). The first-order valence-corrected chi connectivity index (χ1v) is 10.5. The van der Waals surface area contributed by atoms with E-state index in [4.69, 9.17) is 0 Å². The molecular weight excluding hydrogens is 388 g/mol. The minimum absolute atomic E-state index is 0.0486. The number of aryl methyl sites for hydroxylation is 1. The Hall–Kier alpha value is -2.84. The third-order valence-electron chi connectivity index (χ3n) is 5.13. The number of carboxylic acid groups (broad SMARTS) is 1. The fraction of sp³-hybridized carbons (Fsp3) is 0.286. The maximum Gasteiger partial charge on any atom is 0.357 e. The van der Waals surface area contributed by atoms with Crippen molar-refractivity contribution in [3.63, 3.8) is 0 Å². The first kappa shape index (κ1) is 19.5. The summed E-state index contributed by atoms with van der Waals surface area (Å²) in [7, 11) is 0. The monoisotopic (exact) mass is 410 g/mol. The molecule has 0 radical (unpaired) electrons. The lowest BCUT2D eigenvalue weighted by molar-refractivity contribution is -0.116. The average Bonchev–Trinajstić information content (AvgIpc) is 3.13. The normalized spacial score (nSPS) is 17.3. The van der Waals surface area contributed by atoms with Crippen molar-refractivity contribution in [2.24, 2.45) is 0 Å². The summed E-state index contributed by atoms with van der Waals surface area (Å²) < 4.78 is 0. The summed E-state index contributed by atoms with van der Waals surface area (Å²) in [6, 6.07) is 13.4. The van der Waals surface area contributed by atoms with Gasteiger partial charge in [0.05, 0.1) is 10.8 Å². The molecule has 1 unspecified atom stereocenters. The van der Waals surface area contributed by atoms with E-state index in [-0.39, 0.29) is 16.9 Å². The maximum atomic E-state index is 12.8. The van der Waals surface area contributed by atoms with Gasteiger partial charge in [-0.25, -0.2) is 4.79 Å². The number of fused-ring (bicyclic) bond motifs is 1. The predicted molar refractivity (Wildman–Crippen MR) is 114 cm³/mol. The Bertz CT molecular complexity index is 1070. The molecule has 8 heteroatoms. The lowest BCUT2D eigenvalue weighted by Gasteiger charge is -2.32. The molecule has 0 bridgehead atoms. The van der Waals surface area contributed by atoms with Gasteiger partial charge < -0.3 is 10.4 Å². The van der Waals surface area contributed by atoms with Crippen molar-refractivity contribution in [3.05, 3.63) is 59.3 Å². The van der Waals surface area contributed by atoms with E-state index in [0.717, 1.165) is 18.8 Å². The van der Waals surface area contributed by atoms with Gasteiger partial charge in [-0.1, -0.05) is 24.3 Å².